The third kappa shape index (κ3) is 4.28. The quantitative estimate of drug-likeness (QED) is 0.460. The van der Waals surface area contributed by atoms with E-state index < -0.39 is 16.1 Å². The summed E-state index contributed by atoms with van der Waals surface area (Å²) in [5.74, 6) is 0.434. The number of benzene rings is 3. The van der Waals surface area contributed by atoms with Crippen molar-refractivity contribution in [3.05, 3.63) is 78.4 Å². The molecule has 0 unspecified atom stereocenters. The Bertz CT molecular complexity index is 1320. The SMILES string of the molecule is CCn1c(Oc2ccc(F)cc2)nnc1[C@@H](C)NS(=O)(=O)c1cccc2ccccc12. The van der Waals surface area contributed by atoms with E-state index in [4.69, 9.17) is 4.74 Å². The summed E-state index contributed by atoms with van der Waals surface area (Å²) in [6.07, 6.45) is 0. The molecule has 0 fully saturated rings. The van der Waals surface area contributed by atoms with Gasteiger partial charge in [0.05, 0.1) is 10.9 Å². The van der Waals surface area contributed by atoms with Gasteiger partial charge in [-0.05, 0) is 49.6 Å². The summed E-state index contributed by atoms with van der Waals surface area (Å²) in [5, 5.41) is 9.65. The second-order valence-corrected chi connectivity index (χ2v) is 8.64. The zero-order valence-electron chi connectivity index (χ0n) is 17.0. The average molecular weight is 441 g/mol. The number of nitrogens with zero attached hydrogens (tertiary/aromatic N) is 3. The van der Waals surface area contributed by atoms with Crippen molar-refractivity contribution in [1.29, 1.82) is 0 Å². The molecule has 0 saturated carbocycles. The maximum atomic E-state index is 13.1. The van der Waals surface area contributed by atoms with Crippen LogP contribution >= 0.6 is 0 Å². The molecule has 1 N–H and O–H groups in total. The summed E-state index contributed by atoms with van der Waals surface area (Å²) in [6, 6.07) is 17.5. The van der Waals surface area contributed by atoms with Crippen LogP contribution < -0.4 is 9.46 Å². The number of nitrogens with one attached hydrogen (secondary N) is 1. The highest BCUT2D eigenvalue weighted by Crippen LogP contribution is 2.26. The van der Waals surface area contributed by atoms with E-state index in [0.29, 0.717) is 23.5 Å². The zero-order chi connectivity index (χ0) is 22.0. The van der Waals surface area contributed by atoms with Gasteiger partial charge >= 0.3 is 6.01 Å². The van der Waals surface area contributed by atoms with Crippen LogP contribution in [0.25, 0.3) is 10.8 Å². The highest BCUT2D eigenvalue weighted by Gasteiger charge is 2.25. The van der Waals surface area contributed by atoms with Gasteiger partial charge in [0, 0.05) is 11.9 Å². The van der Waals surface area contributed by atoms with Crippen molar-refractivity contribution in [2.75, 3.05) is 0 Å². The van der Waals surface area contributed by atoms with Gasteiger partial charge in [0.2, 0.25) is 10.0 Å². The van der Waals surface area contributed by atoms with Crippen molar-refractivity contribution in [2.45, 2.75) is 31.3 Å². The van der Waals surface area contributed by atoms with Gasteiger partial charge in [-0.2, -0.15) is 0 Å². The van der Waals surface area contributed by atoms with Gasteiger partial charge in [-0.25, -0.2) is 17.5 Å². The fraction of sp³-hybridized carbons (Fsp3) is 0.182. The van der Waals surface area contributed by atoms with Gasteiger partial charge in [-0.3, -0.25) is 4.57 Å². The van der Waals surface area contributed by atoms with Crippen LogP contribution in [0.5, 0.6) is 11.8 Å². The van der Waals surface area contributed by atoms with Crippen LogP contribution in [0.2, 0.25) is 0 Å². The second kappa shape index (κ2) is 8.44. The molecule has 0 saturated heterocycles. The zero-order valence-corrected chi connectivity index (χ0v) is 17.8. The Kier molecular flexibility index (Phi) is 5.71. The van der Waals surface area contributed by atoms with Crippen LogP contribution in [0.4, 0.5) is 4.39 Å². The average Bonchev–Trinajstić information content (AvgIpc) is 3.17. The van der Waals surface area contributed by atoms with E-state index in [-0.39, 0.29) is 16.7 Å². The van der Waals surface area contributed by atoms with E-state index in [1.807, 2.05) is 25.1 Å². The lowest BCUT2D eigenvalue weighted by atomic mass is 10.1. The van der Waals surface area contributed by atoms with E-state index in [0.717, 1.165) is 5.39 Å². The van der Waals surface area contributed by atoms with Crippen molar-refractivity contribution < 1.29 is 17.5 Å². The van der Waals surface area contributed by atoms with Gasteiger partial charge in [0.25, 0.3) is 0 Å². The molecule has 160 valence electrons. The summed E-state index contributed by atoms with van der Waals surface area (Å²) in [4.78, 5) is 0.197. The molecule has 0 bridgehead atoms. The third-order valence-corrected chi connectivity index (χ3v) is 6.44. The smallest absolute Gasteiger partial charge is 0.322 e. The number of aromatic nitrogens is 3. The Morgan fingerprint density at radius 3 is 2.48 bits per heavy atom. The van der Waals surface area contributed by atoms with Crippen LogP contribution in [-0.4, -0.2) is 23.2 Å². The molecule has 0 aliphatic carbocycles. The number of ether oxygens (including phenoxy) is 1. The fourth-order valence-electron chi connectivity index (χ4n) is 3.38. The monoisotopic (exact) mass is 440 g/mol. The molecule has 1 aromatic heterocycles. The van der Waals surface area contributed by atoms with E-state index in [1.54, 1.807) is 35.8 Å². The highest BCUT2D eigenvalue weighted by molar-refractivity contribution is 7.89. The Morgan fingerprint density at radius 1 is 1.03 bits per heavy atom. The standard InChI is InChI=1S/C22H21FN4O3S/c1-3-27-21(24-25-22(27)30-18-13-11-17(23)12-14-18)15(2)26-31(28,29)20-10-6-8-16-7-4-5-9-19(16)20/h4-15,26H,3H2,1-2H3/t15-/m1/s1. The summed E-state index contributed by atoms with van der Waals surface area (Å²) >= 11 is 0. The van der Waals surface area contributed by atoms with E-state index in [1.165, 1.54) is 24.3 Å². The first-order valence-electron chi connectivity index (χ1n) is 9.75. The van der Waals surface area contributed by atoms with Crippen molar-refractivity contribution in [1.82, 2.24) is 19.5 Å². The van der Waals surface area contributed by atoms with Crippen LogP contribution in [0.15, 0.2) is 71.6 Å². The minimum atomic E-state index is -3.83. The Morgan fingerprint density at radius 2 is 1.74 bits per heavy atom. The molecule has 3 aromatic carbocycles. The molecule has 0 amide bonds. The molecule has 0 spiro atoms. The second-order valence-electron chi connectivity index (χ2n) is 6.96. The first-order valence-corrected chi connectivity index (χ1v) is 11.2. The van der Waals surface area contributed by atoms with Gasteiger partial charge in [0.1, 0.15) is 11.6 Å². The summed E-state index contributed by atoms with van der Waals surface area (Å²) < 4.78 is 49.4. The normalized spacial score (nSPS) is 12.7. The van der Waals surface area contributed by atoms with E-state index in [2.05, 4.69) is 14.9 Å². The van der Waals surface area contributed by atoms with Crippen molar-refractivity contribution in [3.63, 3.8) is 0 Å². The first-order chi connectivity index (χ1) is 14.9. The van der Waals surface area contributed by atoms with Gasteiger partial charge in [0.15, 0.2) is 5.82 Å². The van der Waals surface area contributed by atoms with E-state index in [9.17, 15) is 12.8 Å². The molecule has 0 radical (unpaired) electrons. The predicted molar refractivity (Wildman–Crippen MR) is 115 cm³/mol. The third-order valence-electron chi connectivity index (χ3n) is 4.84. The molecular weight excluding hydrogens is 419 g/mol. The number of rotatable bonds is 7. The molecule has 9 heteroatoms. The first kappa shape index (κ1) is 21.0. The largest absolute Gasteiger partial charge is 0.424 e. The van der Waals surface area contributed by atoms with Crippen LogP contribution in [-0.2, 0) is 16.6 Å². The fourth-order valence-corrected chi connectivity index (χ4v) is 4.81. The van der Waals surface area contributed by atoms with E-state index >= 15 is 0 Å². The molecule has 31 heavy (non-hydrogen) atoms. The number of halogens is 1. The Balaban J connectivity index is 1.61. The lowest BCUT2D eigenvalue weighted by Crippen LogP contribution is -2.29. The molecule has 0 aliphatic heterocycles. The molecule has 1 atom stereocenters. The summed E-state index contributed by atoms with van der Waals surface area (Å²) in [5.41, 5.74) is 0. The lowest BCUT2D eigenvalue weighted by molar-refractivity contribution is 0.407. The number of sulfonamides is 1. The van der Waals surface area contributed by atoms with Crippen molar-refractivity contribution >= 4 is 20.8 Å². The predicted octanol–water partition coefficient (Wildman–Crippen LogP) is 4.42. The number of hydrogen-bond acceptors (Lipinski definition) is 5. The minimum Gasteiger partial charge on any atom is -0.424 e. The Hall–Kier alpha value is -3.30. The Labute approximate surface area is 179 Å². The molecule has 4 aromatic rings. The van der Waals surface area contributed by atoms with Crippen LogP contribution in [0.1, 0.15) is 25.7 Å². The van der Waals surface area contributed by atoms with Gasteiger partial charge in [-0.1, -0.05) is 41.5 Å². The van der Waals surface area contributed by atoms with Gasteiger partial charge in [-0.15, -0.1) is 5.10 Å². The van der Waals surface area contributed by atoms with Crippen molar-refractivity contribution in [3.8, 4) is 11.8 Å². The summed E-state index contributed by atoms with van der Waals surface area (Å²) in [7, 11) is -3.83. The molecule has 0 aliphatic rings. The van der Waals surface area contributed by atoms with Gasteiger partial charge < -0.3 is 4.74 Å². The van der Waals surface area contributed by atoms with Crippen LogP contribution in [0.3, 0.4) is 0 Å². The lowest BCUT2D eigenvalue weighted by Gasteiger charge is -2.16. The topological polar surface area (TPSA) is 86.1 Å². The minimum absolute atomic E-state index is 0.195. The van der Waals surface area contributed by atoms with Crippen molar-refractivity contribution in [2.24, 2.45) is 0 Å². The molecule has 1 heterocycles. The summed E-state index contributed by atoms with van der Waals surface area (Å²) in [6.45, 7) is 4.02. The molecular formula is C22H21FN4O3S. The van der Waals surface area contributed by atoms with Crippen LogP contribution in [0, 0.1) is 5.82 Å². The maximum absolute atomic E-state index is 13.1. The number of fused-ring (bicyclic) bond motifs is 1. The number of hydrogen-bond donors (Lipinski definition) is 1. The maximum Gasteiger partial charge on any atom is 0.322 e. The molecule has 7 nitrogen and oxygen atoms in total. The highest BCUT2D eigenvalue weighted by atomic mass is 32.2. The molecule has 4 rings (SSSR count).